The average molecular weight is 238 g/mol. The Morgan fingerprint density at radius 1 is 1.29 bits per heavy atom. The monoisotopic (exact) mass is 238 g/mol. The summed E-state index contributed by atoms with van der Waals surface area (Å²) in [4.78, 5) is 26.5. The van der Waals surface area contributed by atoms with Crippen LogP contribution in [0.2, 0.25) is 0 Å². The summed E-state index contributed by atoms with van der Waals surface area (Å²) in [5.74, 6) is -1.27. The third-order valence-electron chi connectivity index (χ3n) is 3.59. The van der Waals surface area contributed by atoms with Crippen LogP contribution in [0.5, 0.6) is 0 Å². The van der Waals surface area contributed by atoms with Crippen molar-refractivity contribution in [2.45, 2.75) is 31.8 Å². The van der Waals surface area contributed by atoms with Crippen LogP contribution >= 0.6 is 0 Å². The second-order valence-corrected chi connectivity index (χ2v) is 4.80. The maximum atomic E-state index is 11.9. The average Bonchev–Trinajstić information content (AvgIpc) is 2.71. The molecule has 2 saturated heterocycles. The maximum absolute atomic E-state index is 11.9. The van der Waals surface area contributed by atoms with Gasteiger partial charge in [-0.1, -0.05) is 0 Å². The lowest BCUT2D eigenvalue weighted by Crippen LogP contribution is -2.56. The van der Waals surface area contributed by atoms with Crippen LogP contribution in [0.15, 0.2) is 12.2 Å². The fourth-order valence-electron chi connectivity index (χ4n) is 2.73. The number of hydrogen-bond donors (Lipinski definition) is 1. The molecule has 2 atom stereocenters. The van der Waals surface area contributed by atoms with Crippen molar-refractivity contribution in [3.63, 3.8) is 0 Å². The second kappa shape index (κ2) is 4.87. The summed E-state index contributed by atoms with van der Waals surface area (Å²) in [5.41, 5.74) is 0. The van der Waals surface area contributed by atoms with Crippen LogP contribution in [0, 0.1) is 0 Å². The van der Waals surface area contributed by atoms with Gasteiger partial charge in [-0.25, -0.2) is 4.79 Å². The fourth-order valence-corrected chi connectivity index (χ4v) is 2.73. The van der Waals surface area contributed by atoms with Gasteiger partial charge in [-0.2, -0.15) is 0 Å². The minimum Gasteiger partial charge on any atom is -0.478 e. The predicted octanol–water partition coefficient (Wildman–Crippen LogP) is 0.322. The Morgan fingerprint density at radius 3 is 2.76 bits per heavy atom. The third kappa shape index (κ3) is 2.66. The largest absolute Gasteiger partial charge is 0.478 e. The summed E-state index contributed by atoms with van der Waals surface area (Å²) in [6.07, 6.45) is 4.41. The first-order chi connectivity index (χ1) is 8.08. The first-order valence-corrected chi connectivity index (χ1v) is 6.03. The number of carbonyl (C=O) groups excluding carboxylic acids is 1. The fraction of sp³-hybridized carbons (Fsp3) is 0.667. The van der Waals surface area contributed by atoms with Crippen molar-refractivity contribution >= 4 is 11.9 Å². The van der Waals surface area contributed by atoms with Gasteiger partial charge in [0.1, 0.15) is 0 Å². The number of nitrogens with zero attached hydrogens (tertiary/aromatic N) is 2. The normalized spacial score (nSPS) is 29.6. The molecule has 0 aromatic rings. The Bertz CT molecular complexity index is 354. The third-order valence-corrected chi connectivity index (χ3v) is 3.59. The Balaban J connectivity index is 2.00. The van der Waals surface area contributed by atoms with E-state index in [2.05, 4.69) is 4.90 Å². The zero-order chi connectivity index (χ0) is 12.4. The molecule has 17 heavy (non-hydrogen) atoms. The summed E-state index contributed by atoms with van der Waals surface area (Å²) in [7, 11) is 0. The molecule has 0 aromatic heterocycles. The highest BCUT2D eigenvalue weighted by Gasteiger charge is 2.35. The van der Waals surface area contributed by atoms with E-state index in [0.717, 1.165) is 38.2 Å². The molecule has 5 nitrogen and oxygen atoms in total. The predicted molar refractivity (Wildman–Crippen MR) is 62.5 cm³/mol. The maximum Gasteiger partial charge on any atom is 0.328 e. The molecule has 2 aliphatic heterocycles. The molecule has 0 bridgehead atoms. The molecule has 2 heterocycles. The quantitative estimate of drug-likeness (QED) is 0.704. The summed E-state index contributed by atoms with van der Waals surface area (Å²) in [6.45, 7) is 4.77. The van der Waals surface area contributed by atoms with Crippen molar-refractivity contribution in [2.75, 3.05) is 19.6 Å². The van der Waals surface area contributed by atoms with E-state index in [9.17, 15) is 9.59 Å². The molecule has 1 N–H and O–H groups in total. The van der Waals surface area contributed by atoms with Gasteiger partial charge in [-0.05, 0) is 26.3 Å². The van der Waals surface area contributed by atoms with Crippen LogP contribution in [0.25, 0.3) is 0 Å². The Labute approximate surface area is 101 Å². The van der Waals surface area contributed by atoms with E-state index in [1.165, 1.54) is 6.42 Å². The molecule has 2 unspecified atom stereocenters. The molecule has 5 heteroatoms. The Kier molecular flexibility index (Phi) is 3.47. The minimum absolute atomic E-state index is 0.162. The standard InChI is InChI=1S/C12H18N2O3/c1-9-7-13-6-2-3-10(13)8-14(9)11(15)4-5-12(16)17/h4-5,9-10H,2-3,6-8H2,1H3,(H,16,17). The number of carboxylic acids is 1. The molecule has 0 radical (unpaired) electrons. The molecule has 94 valence electrons. The molecule has 0 aromatic carbocycles. The highest BCUT2D eigenvalue weighted by molar-refractivity contribution is 5.94. The van der Waals surface area contributed by atoms with E-state index in [1.807, 2.05) is 6.92 Å². The number of fused-ring (bicyclic) bond motifs is 1. The van der Waals surface area contributed by atoms with E-state index in [0.29, 0.717) is 6.04 Å². The van der Waals surface area contributed by atoms with E-state index in [-0.39, 0.29) is 11.9 Å². The van der Waals surface area contributed by atoms with Gasteiger partial charge in [0.05, 0.1) is 0 Å². The van der Waals surface area contributed by atoms with E-state index in [4.69, 9.17) is 5.11 Å². The van der Waals surface area contributed by atoms with Crippen LogP contribution in [0.3, 0.4) is 0 Å². The number of piperazine rings is 1. The molecule has 2 aliphatic rings. The second-order valence-electron chi connectivity index (χ2n) is 4.80. The van der Waals surface area contributed by atoms with E-state index in [1.54, 1.807) is 4.90 Å². The SMILES string of the molecule is CC1CN2CCCC2CN1C(=O)C=CC(=O)O. The number of rotatable bonds is 2. The van der Waals surface area contributed by atoms with Gasteiger partial charge in [0.2, 0.25) is 5.91 Å². The Morgan fingerprint density at radius 2 is 2.06 bits per heavy atom. The zero-order valence-electron chi connectivity index (χ0n) is 10.0. The number of hydrogen-bond acceptors (Lipinski definition) is 3. The molecule has 0 saturated carbocycles. The lowest BCUT2D eigenvalue weighted by atomic mass is 10.1. The number of carbonyl (C=O) groups is 2. The van der Waals surface area contributed by atoms with Crippen molar-refractivity contribution in [1.82, 2.24) is 9.80 Å². The van der Waals surface area contributed by atoms with E-state index >= 15 is 0 Å². The van der Waals surface area contributed by atoms with Crippen molar-refractivity contribution < 1.29 is 14.7 Å². The molecular formula is C12H18N2O3. The van der Waals surface area contributed by atoms with Crippen LogP contribution in [-0.2, 0) is 9.59 Å². The molecule has 0 spiro atoms. The molecule has 0 aliphatic carbocycles. The molecule has 1 amide bonds. The van der Waals surface area contributed by atoms with Gasteiger partial charge in [-0.15, -0.1) is 0 Å². The summed E-state index contributed by atoms with van der Waals surface area (Å²) >= 11 is 0. The smallest absolute Gasteiger partial charge is 0.328 e. The van der Waals surface area contributed by atoms with Crippen molar-refractivity contribution in [3.05, 3.63) is 12.2 Å². The van der Waals surface area contributed by atoms with Crippen molar-refractivity contribution in [2.24, 2.45) is 0 Å². The highest BCUT2D eigenvalue weighted by Crippen LogP contribution is 2.24. The minimum atomic E-state index is -1.08. The highest BCUT2D eigenvalue weighted by atomic mass is 16.4. The van der Waals surface area contributed by atoms with Gasteiger partial charge in [0, 0.05) is 37.3 Å². The van der Waals surface area contributed by atoms with Crippen LogP contribution < -0.4 is 0 Å². The Hall–Kier alpha value is -1.36. The van der Waals surface area contributed by atoms with Crippen LogP contribution in [0.1, 0.15) is 19.8 Å². The molecule has 2 fully saturated rings. The van der Waals surface area contributed by atoms with Gasteiger partial charge >= 0.3 is 5.97 Å². The lowest BCUT2D eigenvalue weighted by molar-refractivity contribution is -0.134. The van der Waals surface area contributed by atoms with Gasteiger partial charge in [0.25, 0.3) is 0 Å². The van der Waals surface area contributed by atoms with Gasteiger partial charge in [0.15, 0.2) is 0 Å². The number of amides is 1. The molecule has 2 rings (SSSR count). The number of aliphatic carboxylic acids is 1. The van der Waals surface area contributed by atoms with E-state index < -0.39 is 5.97 Å². The zero-order valence-corrected chi connectivity index (χ0v) is 10.0. The van der Waals surface area contributed by atoms with Gasteiger partial charge < -0.3 is 10.0 Å². The first kappa shape index (κ1) is 12.1. The van der Waals surface area contributed by atoms with Crippen molar-refractivity contribution in [1.29, 1.82) is 0 Å². The topological polar surface area (TPSA) is 60.9 Å². The lowest BCUT2D eigenvalue weighted by Gasteiger charge is -2.41. The summed E-state index contributed by atoms with van der Waals surface area (Å²) in [6, 6.07) is 0.628. The first-order valence-electron chi connectivity index (χ1n) is 6.03. The van der Waals surface area contributed by atoms with Crippen LogP contribution in [0.4, 0.5) is 0 Å². The van der Waals surface area contributed by atoms with Crippen molar-refractivity contribution in [3.8, 4) is 0 Å². The number of carboxylic acid groups (broad SMARTS) is 1. The van der Waals surface area contributed by atoms with Crippen LogP contribution in [-0.4, -0.2) is 58.5 Å². The van der Waals surface area contributed by atoms with Gasteiger partial charge in [-0.3, -0.25) is 9.69 Å². The summed E-state index contributed by atoms with van der Waals surface area (Å²) < 4.78 is 0. The summed E-state index contributed by atoms with van der Waals surface area (Å²) in [5, 5.41) is 8.51. The molecular weight excluding hydrogens is 220 g/mol.